The first kappa shape index (κ1) is 15.6. The van der Waals surface area contributed by atoms with Crippen LogP contribution in [0.4, 0.5) is 0 Å². The maximum absolute atomic E-state index is 6.00. The Morgan fingerprint density at radius 2 is 1.61 bits per heavy atom. The second-order valence-electron chi connectivity index (χ2n) is 4.24. The molecule has 0 aliphatic heterocycles. The molecule has 1 rings (SSSR count). The molecular weight excluding hydrogens is 244 g/mol. The van der Waals surface area contributed by atoms with E-state index < -0.39 is 8.80 Å². The summed E-state index contributed by atoms with van der Waals surface area (Å²) >= 11 is 0. The van der Waals surface area contributed by atoms with Gasteiger partial charge in [0.2, 0.25) is 0 Å². The molecule has 1 atom stereocenters. The van der Waals surface area contributed by atoms with E-state index in [4.69, 9.17) is 13.3 Å². The predicted octanol–water partition coefficient (Wildman–Crippen LogP) is 3.70. The Morgan fingerprint density at radius 3 is 1.94 bits per heavy atom. The molecule has 1 aliphatic carbocycles. The zero-order valence-electron chi connectivity index (χ0n) is 12.1. The van der Waals surface area contributed by atoms with E-state index in [-0.39, 0.29) is 5.54 Å². The number of allylic oxidation sites excluding steroid dienone is 4. The summed E-state index contributed by atoms with van der Waals surface area (Å²) in [5, 5.41) is 0. The van der Waals surface area contributed by atoms with Crippen molar-refractivity contribution in [1.82, 2.24) is 0 Å². The highest BCUT2D eigenvalue weighted by atomic mass is 28.4. The molecule has 104 valence electrons. The normalized spacial score (nSPS) is 17.0. The van der Waals surface area contributed by atoms with E-state index in [0.717, 1.165) is 12.8 Å². The molecule has 0 fully saturated rings. The lowest BCUT2D eigenvalue weighted by molar-refractivity contribution is 0.0636. The van der Waals surface area contributed by atoms with Crippen LogP contribution in [-0.2, 0) is 13.3 Å². The Bertz CT molecular complexity index is 282. The lowest BCUT2D eigenvalue weighted by atomic mass is 10.1. The molecule has 0 N–H and O–H groups in total. The molecule has 1 aliphatic rings. The third kappa shape index (κ3) is 3.54. The molecule has 0 aromatic heterocycles. The highest BCUT2D eigenvalue weighted by molar-refractivity contribution is 6.63. The van der Waals surface area contributed by atoms with Gasteiger partial charge >= 0.3 is 8.80 Å². The summed E-state index contributed by atoms with van der Waals surface area (Å²) < 4.78 is 18.0. The van der Waals surface area contributed by atoms with E-state index in [1.165, 1.54) is 5.57 Å². The molecule has 18 heavy (non-hydrogen) atoms. The fourth-order valence-corrected chi connectivity index (χ4v) is 5.72. The highest BCUT2D eigenvalue weighted by Crippen LogP contribution is 2.38. The molecule has 1 unspecified atom stereocenters. The van der Waals surface area contributed by atoms with E-state index in [2.05, 4.69) is 25.2 Å². The van der Waals surface area contributed by atoms with Crippen LogP contribution in [0.15, 0.2) is 23.8 Å². The Morgan fingerprint density at radius 1 is 1.06 bits per heavy atom. The molecule has 0 bridgehead atoms. The van der Waals surface area contributed by atoms with Crippen molar-refractivity contribution >= 4 is 8.80 Å². The quantitative estimate of drug-likeness (QED) is 0.598. The summed E-state index contributed by atoms with van der Waals surface area (Å²) in [5.74, 6) is 0. The van der Waals surface area contributed by atoms with E-state index in [9.17, 15) is 0 Å². The minimum absolute atomic E-state index is 0.285. The summed E-state index contributed by atoms with van der Waals surface area (Å²) in [6.45, 7) is 10.1. The van der Waals surface area contributed by atoms with Crippen LogP contribution in [0.25, 0.3) is 0 Å². The third-order valence-corrected chi connectivity index (χ3v) is 6.82. The molecular formula is C14H26O3Si. The van der Waals surface area contributed by atoms with Gasteiger partial charge in [-0.15, -0.1) is 0 Å². The summed E-state index contributed by atoms with van der Waals surface area (Å²) in [7, 11) is -2.60. The molecule has 0 heterocycles. The van der Waals surface area contributed by atoms with Crippen LogP contribution in [0, 0.1) is 0 Å². The van der Waals surface area contributed by atoms with Crippen molar-refractivity contribution in [2.45, 2.75) is 46.1 Å². The van der Waals surface area contributed by atoms with Gasteiger partial charge in [-0.2, -0.15) is 0 Å². The zero-order chi connectivity index (χ0) is 13.4. The average Bonchev–Trinajstić information content (AvgIpc) is 2.84. The molecule has 3 nitrogen and oxygen atoms in total. The highest BCUT2D eigenvalue weighted by Gasteiger charge is 2.49. The fraction of sp³-hybridized carbons (Fsp3) is 0.714. The number of rotatable bonds is 9. The number of hydrogen-bond donors (Lipinski definition) is 0. The Hall–Kier alpha value is -0.423. The van der Waals surface area contributed by atoms with Gasteiger partial charge < -0.3 is 13.3 Å². The van der Waals surface area contributed by atoms with Crippen molar-refractivity contribution in [3.05, 3.63) is 23.8 Å². The monoisotopic (exact) mass is 270 g/mol. The van der Waals surface area contributed by atoms with Crippen molar-refractivity contribution in [3.8, 4) is 0 Å². The minimum atomic E-state index is -2.60. The van der Waals surface area contributed by atoms with Gasteiger partial charge in [-0.25, -0.2) is 0 Å². The predicted molar refractivity (Wildman–Crippen MR) is 76.5 cm³/mol. The molecule has 0 aromatic carbocycles. The summed E-state index contributed by atoms with van der Waals surface area (Å²) in [6, 6.07) is 0. The molecule has 0 spiro atoms. The maximum atomic E-state index is 6.00. The third-order valence-electron chi connectivity index (χ3n) is 3.12. The average molecular weight is 270 g/mol. The second kappa shape index (κ2) is 7.89. The van der Waals surface area contributed by atoms with Crippen molar-refractivity contribution in [1.29, 1.82) is 0 Å². The second-order valence-corrected chi connectivity index (χ2v) is 7.01. The van der Waals surface area contributed by atoms with Crippen LogP contribution in [0.5, 0.6) is 0 Å². The Balaban J connectivity index is 2.95. The van der Waals surface area contributed by atoms with E-state index in [1.54, 1.807) is 0 Å². The first-order chi connectivity index (χ1) is 8.74. The fourth-order valence-electron chi connectivity index (χ4n) is 2.49. The minimum Gasteiger partial charge on any atom is -0.373 e. The standard InChI is InChI=1S/C14H26O3Si/c1-5-14(13-11-9-10-12-13)18(15-6-2,16-7-3)17-8-4/h9-11,14H,5-8,12H2,1-4H3. The van der Waals surface area contributed by atoms with Crippen molar-refractivity contribution < 1.29 is 13.3 Å². The van der Waals surface area contributed by atoms with Crippen LogP contribution < -0.4 is 0 Å². The van der Waals surface area contributed by atoms with Crippen LogP contribution in [0.1, 0.15) is 40.5 Å². The topological polar surface area (TPSA) is 27.7 Å². The molecule has 0 amide bonds. The van der Waals surface area contributed by atoms with Gasteiger partial charge in [0.05, 0.1) is 5.54 Å². The van der Waals surface area contributed by atoms with Crippen molar-refractivity contribution in [2.75, 3.05) is 19.8 Å². The van der Waals surface area contributed by atoms with Crippen molar-refractivity contribution in [2.24, 2.45) is 0 Å². The van der Waals surface area contributed by atoms with Gasteiger partial charge in [0.1, 0.15) is 0 Å². The first-order valence-electron chi connectivity index (χ1n) is 7.01. The SMILES string of the molecule is CCO[Si](OCC)(OCC)C(CC)C1=CC=CC1. The lowest BCUT2D eigenvalue weighted by Gasteiger charge is -2.35. The van der Waals surface area contributed by atoms with Crippen molar-refractivity contribution in [3.63, 3.8) is 0 Å². The Labute approximate surface area is 112 Å². The van der Waals surface area contributed by atoms with E-state index in [1.807, 2.05) is 20.8 Å². The van der Waals surface area contributed by atoms with E-state index >= 15 is 0 Å². The summed E-state index contributed by atoms with van der Waals surface area (Å²) in [5.41, 5.74) is 1.67. The smallest absolute Gasteiger partial charge is 0.373 e. The number of hydrogen-bond acceptors (Lipinski definition) is 3. The molecule has 0 radical (unpaired) electrons. The van der Waals surface area contributed by atoms with Gasteiger partial charge in [-0.05, 0) is 33.6 Å². The van der Waals surface area contributed by atoms with Crippen LogP contribution in [-0.4, -0.2) is 28.6 Å². The van der Waals surface area contributed by atoms with Crippen LogP contribution in [0.3, 0.4) is 0 Å². The molecule has 0 aromatic rings. The Kier molecular flexibility index (Phi) is 6.85. The van der Waals surface area contributed by atoms with Gasteiger partial charge in [-0.3, -0.25) is 0 Å². The van der Waals surface area contributed by atoms with Gasteiger partial charge in [0, 0.05) is 19.8 Å². The van der Waals surface area contributed by atoms with Crippen LogP contribution >= 0.6 is 0 Å². The zero-order valence-corrected chi connectivity index (χ0v) is 13.1. The summed E-state index contributed by atoms with van der Waals surface area (Å²) in [6.07, 6.45) is 8.48. The molecule has 4 heteroatoms. The van der Waals surface area contributed by atoms with Gasteiger partial charge in [-0.1, -0.05) is 30.7 Å². The lowest BCUT2D eigenvalue weighted by Crippen LogP contribution is -2.50. The largest absolute Gasteiger partial charge is 0.508 e. The summed E-state index contributed by atoms with van der Waals surface area (Å²) in [4.78, 5) is 0. The molecule has 0 saturated heterocycles. The molecule has 0 saturated carbocycles. The maximum Gasteiger partial charge on any atom is 0.508 e. The van der Waals surface area contributed by atoms with Crippen LogP contribution in [0.2, 0.25) is 5.54 Å². The van der Waals surface area contributed by atoms with E-state index in [0.29, 0.717) is 19.8 Å². The first-order valence-corrected chi connectivity index (χ1v) is 8.81. The van der Waals surface area contributed by atoms with Gasteiger partial charge in [0.15, 0.2) is 0 Å². The van der Waals surface area contributed by atoms with Gasteiger partial charge in [0.25, 0.3) is 0 Å².